The Morgan fingerprint density at radius 1 is 1.14 bits per heavy atom. The van der Waals surface area contributed by atoms with E-state index >= 15 is 0 Å². The Bertz CT molecular complexity index is 981. The van der Waals surface area contributed by atoms with Crippen molar-refractivity contribution < 1.29 is 14.3 Å². The highest BCUT2D eigenvalue weighted by atomic mass is 32.2. The minimum Gasteiger partial charge on any atom is -0.486 e. The van der Waals surface area contributed by atoms with Gasteiger partial charge in [-0.1, -0.05) is 47.4 Å². The standard InChI is InChI=1S/C20H20N4O3S2/c1-13(14-7-8-16-17(11-14)27-10-9-26-16)21-18(25)12-28-20-24-23-19(29-20)22-15-5-3-2-4-6-15/h2-8,11,13H,9-10,12H2,1H3,(H,21,25)(H,22,23). The van der Waals surface area contributed by atoms with Gasteiger partial charge in [-0.15, -0.1) is 10.2 Å². The Balaban J connectivity index is 1.28. The first-order valence-electron chi connectivity index (χ1n) is 9.14. The van der Waals surface area contributed by atoms with E-state index in [1.165, 1.54) is 23.1 Å². The van der Waals surface area contributed by atoms with Crippen LogP contribution in [0.5, 0.6) is 11.5 Å². The van der Waals surface area contributed by atoms with E-state index in [1.54, 1.807) is 0 Å². The molecule has 9 heteroatoms. The topological polar surface area (TPSA) is 85.4 Å². The van der Waals surface area contributed by atoms with Gasteiger partial charge in [-0.2, -0.15) is 0 Å². The van der Waals surface area contributed by atoms with Crippen LogP contribution in [-0.2, 0) is 4.79 Å². The summed E-state index contributed by atoms with van der Waals surface area (Å²) in [5, 5.41) is 15.1. The molecule has 1 aliphatic heterocycles. The summed E-state index contributed by atoms with van der Waals surface area (Å²) in [5.41, 5.74) is 1.92. The van der Waals surface area contributed by atoms with Gasteiger partial charge in [-0.3, -0.25) is 4.79 Å². The number of nitrogens with zero attached hydrogens (tertiary/aromatic N) is 2. The van der Waals surface area contributed by atoms with Gasteiger partial charge in [0.2, 0.25) is 11.0 Å². The fraction of sp³-hybridized carbons (Fsp3) is 0.250. The number of rotatable bonds is 7. The molecule has 29 heavy (non-hydrogen) atoms. The maximum absolute atomic E-state index is 12.3. The average molecular weight is 429 g/mol. The van der Waals surface area contributed by atoms with E-state index in [2.05, 4.69) is 20.8 Å². The molecule has 1 aliphatic rings. The summed E-state index contributed by atoms with van der Waals surface area (Å²) in [7, 11) is 0. The molecule has 2 heterocycles. The van der Waals surface area contributed by atoms with Gasteiger partial charge in [0.15, 0.2) is 15.8 Å². The SMILES string of the molecule is CC(NC(=O)CSc1nnc(Nc2ccccc2)s1)c1ccc2c(c1)OCCO2. The average Bonchev–Trinajstić information content (AvgIpc) is 3.20. The van der Waals surface area contributed by atoms with Crippen LogP contribution in [0.4, 0.5) is 10.8 Å². The molecule has 0 saturated carbocycles. The molecule has 0 bridgehead atoms. The van der Waals surface area contributed by atoms with Gasteiger partial charge in [-0.05, 0) is 36.8 Å². The number of hydrogen-bond acceptors (Lipinski definition) is 8. The molecule has 1 amide bonds. The van der Waals surface area contributed by atoms with Gasteiger partial charge in [0.25, 0.3) is 0 Å². The third-order valence-electron chi connectivity index (χ3n) is 4.20. The second-order valence-corrected chi connectivity index (χ2v) is 8.55. The van der Waals surface area contributed by atoms with Gasteiger partial charge in [0.05, 0.1) is 11.8 Å². The molecule has 7 nitrogen and oxygen atoms in total. The van der Waals surface area contributed by atoms with E-state index in [9.17, 15) is 4.79 Å². The third-order valence-corrected chi connectivity index (χ3v) is 6.17. The van der Waals surface area contributed by atoms with Crippen molar-refractivity contribution in [1.82, 2.24) is 15.5 Å². The van der Waals surface area contributed by atoms with Crippen LogP contribution in [-0.4, -0.2) is 35.1 Å². The fourth-order valence-corrected chi connectivity index (χ4v) is 4.37. The van der Waals surface area contributed by atoms with Crippen molar-refractivity contribution in [2.45, 2.75) is 17.3 Å². The molecular weight excluding hydrogens is 408 g/mol. The predicted molar refractivity (Wildman–Crippen MR) is 114 cm³/mol. The highest BCUT2D eigenvalue weighted by Crippen LogP contribution is 2.33. The van der Waals surface area contributed by atoms with Crippen molar-refractivity contribution in [2.24, 2.45) is 0 Å². The van der Waals surface area contributed by atoms with Crippen molar-refractivity contribution in [3.05, 3.63) is 54.1 Å². The van der Waals surface area contributed by atoms with Crippen LogP contribution in [0, 0.1) is 0 Å². The predicted octanol–water partition coefficient (Wildman–Crippen LogP) is 4.02. The molecule has 0 fully saturated rings. The zero-order valence-corrected chi connectivity index (χ0v) is 17.4. The summed E-state index contributed by atoms with van der Waals surface area (Å²) in [5.74, 6) is 1.67. The summed E-state index contributed by atoms with van der Waals surface area (Å²) in [6, 6.07) is 15.4. The van der Waals surface area contributed by atoms with Crippen molar-refractivity contribution in [3.63, 3.8) is 0 Å². The molecule has 2 N–H and O–H groups in total. The number of amides is 1. The minimum atomic E-state index is -0.136. The molecule has 2 aromatic carbocycles. The normalized spacial score (nSPS) is 13.6. The summed E-state index contributed by atoms with van der Waals surface area (Å²) >= 11 is 2.79. The van der Waals surface area contributed by atoms with Gasteiger partial charge in [0.1, 0.15) is 13.2 Å². The van der Waals surface area contributed by atoms with Gasteiger partial charge >= 0.3 is 0 Å². The molecule has 0 radical (unpaired) electrons. The smallest absolute Gasteiger partial charge is 0.230 e. The molecule has 3 aromatic rings. The molecule has 0 saturated heterocycles. The number of hydrogen-bond donors (Lipinski definition) is 2. The molecule has 150 valence electrons. The van der Waals surface area contributed by atoms with Crippen LogP contribution in [0.15, 0.2) is 52.9 Å². The quantitative estimate of drug-likeness (QED) is 0.550. The van der Waals surface area contributed by atoms with E-state index in [1.807, 2.05) is 55.5 Å². The Hall–Kier alpha value is -2.78. The first kappa shape index (κ1) is 19.5. The maximum atomic E-state index is 12.3. The molecule has 0 aliphatic carbocycles. The van der Waals surface area contributed by atoms with E-state index in [-0.39, 0.29) is 17.7 Å². The van der Waals surface area contributed by atoms with E-state index < -0.39 is 0 Å². The molecule has 1 unspecified atom stereocenters. The lowest BCUT2D eigenvalue weighted by molar-refractivity contribution is -0.119. The van der Waals surface area contributed by atoms with Gasteiger partial charge < -0.3 is 20.1 Å². The van der Waals surface area contributed by atoms with Crippen LogP contribution >= 0.6 is 23.1 Å². The second kappa shape index (κ2) is 9.15. The van der Waals surface area contributed by atoms with Crippen LogP contribution in [0.1, 0.15) is 18.5 Å². The van der Waals surface area contributed by atoms with Crippen LogP contribution < -0.4 is 20.1 Å². The number of nitrogens with one attached hydrogen (secondary N) is 2. The summed E-state index contributed by atoms with van der Waals surface area (Å²) in [4.78, 5) is 12.3. The highest BCUT2D eigenvalue weighted by Gasteiger charge is 2.16. The largest absolute Gasteiger partial charge is 0.486 e. The Morgan fingerprint density at radius 3 is 2.76 bits per heavy atom. The number of aromatic nitrogens is 2. The van der Waals surface area contributed by atoms with Crippen molar-refractivity contribution >= 4 is 39.8 Å². The Kier molecular flexibility index (Phi) is 6.16. The number of anilines is 2. The van der Waals surface area contributed by atoms with Crippen LogP contribution in [0.3, 0.4) is 0 Å². The van der Waals surface area contributed by atoms with Gasteiger partial charge in [0, 0.05) is 5.69 Å². The van der Waals surface area contributed by atoms with Crippen LogP contribution in [0.25, 0.3) is 0 Å². The van der Waals surface area contributed by atoms with Crippen molar-refractivity contribution in [2.75, 3.05) is 24.3 Å². The lowest BCUT2D eigenvalue weighted by Crippen LogP contribution is -2.28. The first-order chi connectivity index (χ1) is 14.2. The number of para-hydroxylation sites is 1. The van der Waals surface area contributed by atoms with E-state index in [4.69, 9.17) is 9.47 Å². The number of fused-ring (bicyclic) bond motifs is 1. The monoisotopic (exact) mass is 428 g/mol. The number of thioether (sulfide) groups is 1. The molecule has 1 atom stereocenters. The number of carbonyl (C=O) groups excluding carboxylic acids is 1. The maximum Gasteiger partial charge on any atom is 0.230 e. The molecule has 1 aromatic heterocycles. The third kappa shape index (κ3) is 5.18. The zero-order valence-electron chi connectivity index (χ0n) is 15.8. The second-order valence-electron chi connectivity index (χ2n) is 6.35. The summed E-state index contributed by atoms with van der Waals surface area (Å²) in [6.45, 7) is 3.04. The number of carbonyl (C=O) groups is 1. The van der Waals surface area contributed by atoms with Crippen molar-refractivity contribution in [1.29, 1.82) is 0 Å². The Labute approximate surface area is 176 Å². The highest BCUT2D eigenvalue weighted by molar-refractivity contribution is 8.01. The minimum absolute atomic E-state index is 0.0647. The number of benzene rings is 2. The molecule has 0 spiro atoms. The summed E-state index contributed by atoms with van der Waals surface area (Å²) < 4.78 is 11.9. The van der Waals surface area contributed by atoms with Gasteiger partial charge in [-0.25, -0.2) is 0 Å². The zero-order chi connectivity index (χ0) is 20.1. The van der Waals surface area contributed by atoms with E-state index in [0.717, 1.165) is 27.1 Å². The van der Waals surface area contributed by atoms with E-state index in [0.29, 0.717) is 18.3 Å². The number of ether oxygens (including phenoxy) is 2. The lowest BCUT2D eigenvalue weighted by Gasteiger charge is -2.21. The Morgan fingerprint density at radius 2 is 1.93 bits per heavy atom. The van der Waals surface area contributed by atoms with Crippen molar-refractivity contribution in [3.8, 4) is 11.5 Å². The fourth-order valence-electron chi connectivity index (χ4n) is 2.79. The first-order valence-corrected chi connectivity index (χ1v) is 10.9. The lowest BCUT2D eigenvalue weighted by atomic mass is 10.1. The molecular formula is C20H20N4O3S2. The summed E-state index contributed by atoms with van der Waals surface area (Å²) in [6.07, 6.45) is 0. The van der Waals surface area contributed by atoms with Crippen LogP contribution in [0.2, 0.25) is 0 Å². The molecule has 4 rings (SSSR count).